The van der Waals surface area contributed by atoms with Crippen LogP contribution < -0.4 is 0 Å². The van der Waals surface area contributed by atoms with Crippen molar-refractivity contribution in [2.45, 2.75) is 36.8 Å². The maximum absolute atomic E-state index is 12.9. The Hall–Kier alpha value is -1.98. The van der Waals surface area contributed by atoms with Gasteiger partial charge in [-0.3, -0.25) is 19.4 Å². The topological polar surface area (TPSA) is 78.0 Å². The molecule has 0 spiro atoms. The van der Waals surface area contributed by atoms with Crippen LogP contribution in [0.4, 0.5) is 13.2 Å². The molecule has 2 amide bonds. The Balaban J connectivity index is 1.40. The van der Waals surface area contributed by atoms with E-state index in [0.717, 1.165) is 48.2 Å². The predicted octanol–water partition coefficient (Wildman–Crippen LogP) is 2.14. The molecule has 3 aliphatic rings. The smallest absolute Gasteiger partial charge is 0.283 e. The first-order chi connectivity index (χ1) is 14.6. The van der Waals surface area contributed by atoms with Crippen molar-refractivity contribution in [3.63, 3.8) is 0 Å². The van der Waals surface area contributed by atoms with Gasteiger partial charge in [-0.25, -0.2) is 8.42 Å². The third-order valence-corrected chi connectivity index (χ3v) is 8.30. The molecule has 2 heterocycles. The second-order valence-corrected chi connectivity index (χ2v) is 10.2. The molecule has 0 bridgehead atoms. The van der Waals surface area contributed by atoms with Gasteiger partial charge in [0.05, 0.1) is 29.0 Å². The number of imide groups is 1. The molecule has 1 aromatic rings. The van der Waals surface area contributed by atoms with Crippen molar-refractivity contribution in [3.05, 3.63) is 29.8 Å². The van der Waals surface area contributed by atoms with E-state index in [1.54, 1.807) is 0 Å². The Morgan fingerprint density at radius 2 is 1.52 bits per heavy atom. The van der Waals surface area contributed by atoms with Crippen molar-refractivity contribution >= 4 is 21.8 Å². The lowest BCUT2D eigenvalue weighted by molar-refractivity contribution is -0.143. The average molecular weight is 459 g/mol. The minimum absolute atomic E-state index is 0.0711. The Labute approximate surface area is 178 Å². The number of rotatable bonds is 4. The fourth-order valence-electron chi connectivity index (χ4n) is 4.66. The Morgan fingerprint density at radius 3 is 2.06 bits per heavy atom. The minimum atomic E-state index is -4.63. The Morgan fingerprint density at radius 1 is 0.935 bits per heavy atom. The van der Waals surface area contributed by atoms with Crippen molar-refractivity contribution in [2.75, 3.05) is 32.8 Å². The number of halogens is 3. The highest BCUT2D eigenvalue weighted by Crippen LogP contribution is 2.38. The van der Waals surface area contributed by atoms with Crippen molar-refractivity contribution in [1.82, 2.24) is 14.1 Å². The molecule has 170 valence electrons. The lowest BCUT2D eigenvalue weighted by Crippen LogP contribution is -2.52. The molecule has 2 aliphatic heterocycles. The van der Waals surface area contributed by atoms with Crippen molar-refractivity contribution in [2.24, 2.45) is 11.8 Å². The molecule has 31 heavy (non-hydrogen) atoms. The van der Waals surface area contributed by atoms with Gasteiger partial charge in [-0.1, -0.05) is 18.9 Å². The molecule has 2 atom stereocenters. The van der Waals surface area contributed by atoms with E-state index in [1.165, 1.54) is 4.90 Å². The quantitative estimate of drug-likeness (QED) is 0.645. The first-order valence-electron chi connectivity index (χ1n) is 10.3. The standard InChI is InChI=1S/C20H24F3N3O4S/c21-20(22,23)14-4-3-5-15(12-14)31(29,30)25-10-8-24(9-11-25)13-26-18(27)16-6-1-2-7-17(16)19(26)28/h3-5,12,16-17H,1-2,6-11,13H2. The van der Waals surface area contributed by atoms with Crippen LogP contribution in [0, 0.1) is 11.8 Å². The van der Waals surface area contributed by atoms with Crippen LogP contribution in [0.25, 0.3) is 0 Å². The molecular weight excluding hydrogens is 435 g/mol. The van der Waals surface area contributed by atoms with Crippen LogP contribution in [0.15, 0.2) is 29.2 Å². The minimum Gasteiger partial charge on any atom is -0.283 e. The van der Waals surface area contributed by atoms with E-state index in [4.69, 9.17) is 0 Å². The second kappa shape index (κ2) is 8.18. The molecule has 2 unspecified atom stereocenters. The number of alkyl halides is 3. The summed E-state index contributed by atoms with van der Waals surface area (Å²) in [6.07, 6.45) is -1.28. The molecule has 0 N–H and O–H groups in total. The zero-order chi connectivity index (χ0) is 22.4. The van der Waals surface area contributed by atoms with Gasteiger partial charge in [0.1, 0.15) is 0 Å². The van der Waals surface area contributed by atoms with Gasteiger partial charge in [-0.2, -0.15) is 17.5 Å². The largest absolute Gasteiger partial charge is 0.416 e. The molecule has 2 saturated heterocycles. The maximum Gasteiger partial charge on any atom is 0.416 e. The fraction of sp³-hybridized carbons (Fsp3) is 0.600. The summed E-state index contributed by atoms with van der Waals surface area (Å²) in [5.41, 5.74) is -1.01. The number of hydrogen-bond donors (Lipinski definition) is 0. The van der Waals surface area contributed by atoms with Crippen LogP contribution in [0.3, 0.4) is 0 Å². The Bertz CT molecular complexity index is 950. The molecule has 1 aromatic carbocycles. The number of likely N-dealkylation sites (tertiary alicyclic amines) is 1. The molecule has 0 aromatic heterocycles. The highest BCUT2D eigenvalue weighted by Gasteiger charge is 2.48. The van der Waals surface area contributed by atoms with Crippen molar-refractivity contribution in [3.8, 4) is 0 Å². The third-order valence-electron chi connectivity index (χ3n) is 6.40. The van der Waals surface area contributed by atoms with Crippen LogP contribution in [-0.4, -0.2) is 67.2 Å². The summed E-state index contributed by atoms with van der Waals surface area (Å²) in [5.74, 6) is -0.755. The summed E-state index contributed by atoms with van der Waals surface area (Å²) in [5, 5.41) is 0. The Kier molecular flexibility index (Phi) is 5.86. The van der Waals surface area contributed by atoms with Crippen LogP contribution in [-0.2, 0) is 25.8 Å². The number of carbonyl (C=O) groups is 2. The van der Waals surface area contributed by atoms with E-state index in [2.05, 4.69) is 0 Å². The van der Waals surface area contributed by atoms with E-state index < -0.39 is 26.7 Å². The van der Waals surface area contributed by atoms with E-state index in [-0.39, 0.29) is 56.5 Å². The molecule has 3 fully saturated rings. The van der Waals surface area contributed by atoms with E-state index in [1.807, 2.05) is 4.90 Å². The zero-order valence-electron chi connectivity index (χ0n) is 16.8. The molecule has 11 heteroatoms. The first kappa shape index (κ1) is 22.2. The van der Waals surface area contributed by atoms with E-state index in [9.17, 15) is 31.2 Å². The van der Waals surface area contributed by atoms with Gasteiger partial charge in [0.25, 0.3) is 0 Å². The lowest BCUT2D eigenvalue weighted by atomic mass is 9.81. The summed E-state index contributed by atoms with van der Waals surface area (Å²) >= 11 is 0. The monoisotopic (exact) mass is 459 g/mol. The number of carbonyl (C=O) groups excluding carboxylic acids is 2. The zero-order valence-corrected chi connectivity index (χ0v) is 17.7. The van der Waals surface area contributed by atoms with E-state index in [0.29, 0.717) is 6.07 Å². The van der Waals surface area contributed by atoms with Crippen LogP contribution in [0.2, 0.25) is 0 Å². The number of benzene rings is 1. The molecule has 1 saturated carbocycles. The van der Waals surface area contributed by atoms with Gasteiger partial charge in [-0.05, 0) is 31.0 Å². The maximum atomic E-state index is 12.9. The number of piperazine rings is 1. The number of sulfonamides is 1. The molecular formula is C20H24F3N3O4S. The highest BCUT2D eigenvalue weighted by molar-refractivity contribution is 7.89. The van der Waals surface area contributed by atoms with Gasteiger partial charge in [0.2, 0.25) is 21.8 Å². The van der Waals surface area contributed by atoms with Crippen molar-refractivity contribution in [1.29, 1.82) is 0 Å². The summed E-state index contributed by atoms with van der Waals surface area (Å²) < 4.78 is 65.6. The fourth-order valence-corrected chi connectivity index (χ4v) is 6.13. The summed E-state index contributed by atoms with van der Waals surface area (Å²) in [7, 11) is -4.08. The van der Waals surface area contributed by atoms with Crippen LogP contribution in [0.1, 0.15) is 31.2 Å². The van der Waals surface area contributed by atoms with Crippen molar-refractivity contribution < 1.29 is 31.2 Å². The number of nitrogens with zero attached hydrogens (tertiary/aromatic N) is 3. The molecule has 4 rings (SSSR count). The van der Waals surface area contributed by atoms with Gasteiger partial charge in [-0.15, -0.1) is 0 Å². The molecule has 0 radical (unpaired) electrons. The van der Waals surface area contributed by atoms with Gasteiger partial charge in [0.15, 0.2) is 0 Å². The van der Waals surface area contributed by atoms with E-state index >= 15 is 0 Å². The number of amides is 2. The number of fused-ring (bicyclic) bond motifs is 1. The third kappa shape index (κ3) is 4.22. The normalized spacial score (nSPS) is 26.4. The first-order valence-corrected chi connectivity index (χ1v) is 11.8. The lowest BCUT2D eigenvalue weighted by Gasteiger charge is -2.35. The van der Waals surface area contributed by atoms with Crippen LogP contribution in [0.5, 0.6) is 0 Å². The highest BCUT2D eigenvalue weighted by atomic mass is 32.2. The van der Waals surface area contributed by atoms with Gasteiger partial charge >= 0.3 is 6.18 Å². The molecule has 1 aliphatic carbocycles. The average Bonchev–Trinajstić information content (AvgIpc) is 2.99. The van der Waals surface area contributed by atoms with Crippen LogP contribution >= 0.6 is 0 Å². The summed E-state index contributed by atoms with van der Waals surface area (Å²) in [6, 6.07) is 3.71. The number of hydrogen-bond acceptors (Lipinski definition) is 5. The summed E-state index contributed by atoms with van der Waals surface area (Å²) in [4.78, 5) is 28.0. The van der Waals surface area contributed by atoms with Gasteiger partial charge < -0.3 is 0 Å². The second-order valence-electron chi connectivity index (χ2n) is 8.29. The molecule has 7 nitrogen and oxygen atoms in total. The summed E-state index contributed by atoms with van der Waals surface area (Å²) in [6.45, 7) is 0.834. The SMILES string of the molecule is O=C1C2CCCCC2C(=O)N1CN1CCN(S(=O)(=O)c2cccc(C(F)(F)F)c2)CC1. The van der Waals surface area contributed by atoms with Gasteiger partial charge in [0, 0.05) is 26.2 Å². The predicted molar refractivity (Wildman–Crippen MR) is 104 cm³/mol.